The van der Waals surface area contributed by atoms with Gasteiger partial charge in [-0.25, -0.2) is 19.5 Å². The van der Waals surface area contributed by atoms with Gasteiger partial charge < -0.3 is 24.3 Å². The quantitative estimate of drug-likeness (QED) is 0.311. The molecule has 3 aromatic rings. The van der Waals surface area contributed by atoms with Crippen molar-refractivity contribution in [2.24, 2.45) is 17.3 Å². The number of anilines is 1. The molecule has 0 spiro atoms. The molecule has 1 aliphatic heterocycles. The van der Waals surface area contributed by atoms with Crippen molar-refractivity contribution in [2.45, 2.75) is 38.0 Å². The van der Waals surface area contributed by atoms with Crippen LogP contribution in [0, 0.1) is 17.3 Å². The fourth-order valence-corrected chi connectivity index (χ4v) is 7.88. The Morgan fingerprint density at radius 1 is 1.32 bits per heavy atom. The van der Waals surface area contributed by atoms with E-state index in [0.29, 0.717) is 35.3 Å². The largest absolute Gasteiger partial charge is 0.468 e. The molecule has 2 aliphatic carbocycles. The second-order valence-electron chi connectivity index (χ2n) is 10.1. The van der Waals surface area contributed by atoms with E-state index in [1.807, 2.05) is 6.07 Å². The van der Waals surface area contributed by atoms with Crippen molar-refractivity contribution in [2.75, 3.05) is 26.1 Å². The first kappa shape index (κ1) is 24.3. The fourth-order valence-electron chi connectivity index (χ4n) is 6.30. The number of rotatable bonds is 9. The summed E-state index contributed by atoms with van der Waals surface area (Å²) in [5.41, 5.74) is 6.97. The van der Waals surface area contributed by atoms with E-state index in [4.69, 9.17) is 24.3 Å². The first-order chi connectivity index (χ1) is 17.8. The van der Waals surface area contributed by atoms with Crippen LogP contribution in [0.1, 0.15) is 25.8 Å². The Hall–Kier alpha value is -3.05. The summed E-state index contributed by atoms with van der Waals surface area (Å²) in [7, 11) is -2.66. The summed E-state index contributed by atoms with van der Waals surface area (Å²) >= 11 is 0. The Morgan fingerprint density at radius 3 is 2.92 bits per heavy atom. The topological polar surface area (TPSA) is 153 Å². The highest BCUT2D eigenvalue weighted by Gasteiger charge is 2.66. The van der Waals surface area contributed by atoms with Gasteiger partial charge in [0.05, 0.1) is 38.8 Å². The van der Waals surface area contributed by atoms with Crippen LogP contribution < -0.4 is 15.3 Å². The standard InChI is InChI=1S/C24H29N6O6P/c1-14(23(31)33-2)29-37(32,36-16-6-4-3-5-7-16)35-11-24-9-15-8-17(24)20(34-10-24)19(15)30-13-28-18-21(25)26-12-27-22(18)30/h3-7,12-15,17,19-20H,8-11H2,1-2H3,(H,29,32)(H2,25,26,27)/t14-,15?,17?,19?,20?,24?,37?/m0/s1. The number of hydrogen-bond donors (Lipinski definition) is 2. The number of carbonyl (C=O) groups excluding carboxylic acids is 1. The molecule has 2 bridgehead atoms. The lowest BCUT2D eigenvalue weighted by atomic mass is 9.74. The number of nitrogens with two attached hydrogens (primary N) is 1. The molecule has 1 saturated heterocycles. The van der Waals surface area contributed by atoms with E-state index in [2.05, 4.69) is 24.6 Å². The number of aromatic nitrogens is 4. The molecule has 0 radical (unpaired) electrons. The number of nitrogens with one attached hydrogen (secondary N) is 1. The minimum Gasteiger partial charge on any atom is -0.468 e. The van der Waals surface area contributed by atoms with Crippen LogP contribution in [0.4, 0.5) is 5.82 Å². The van der Waals surface area contributed by atoms with E-state index in [0.717, 1.165) is 12.8 Å². The van der Waals surface area contributed by atoms with E-state index >= 15 is 0 Å². The van der Waals surface area contributed by atoms with Gasteiger partial charge >= 0.3 is 13.7 Å². The van der Waals surface area contributed by atoms with Gasteiger partial charge in [0.25, 0.3) is 0 Å². The minimum absolute atomic E-state index is 0.0488. The average Bonchev–Trinajstić information content (AvgIpc) is 3.62. The summed E-state index contributed by atoms with van der Waals surface area (Å²) in [6.07, 6.45) is 4.95. The minimum atomic E-state index is -3.93. The smallest absolute Gasteiger partial charge is 0.459 e. The molecule has 6 rings (SSSR count). The Labute approximate surface area is 213 Å². The molecular weight excluding hydrogens is 499 g/mol. The van der Waals surface area contributed by atoms with Crippen LogP contribution in [-0.2, 0) is 23.4 Å². The van der Waals surface area contributed by atoms with Crippen molar-refractivity contribution >= 4 is 30.7 Å². The monoisotopic (exact) mass is 528 g/mol. The van der Waals surface area contributed by atoms with Gasteiger partial charge in [-0.15, -0.1) is 0 Å². The van der Waals surface area contributed by atoms with Gasteiger partial charge in [-0.1, -0.05) is 18.2 Å². The first-order valence-electron chi connectivity index (χ1n) is 12.2. The number of para-hydroxylation sites is 1. The highest BCUT2D eigenvalue weighted by Crippen LogP contribution is 2.66. The predicted octanol–water partition coefficient (Wildman–Crippen LogP) is 2.73. The van der Waals surface area contributed by atoms with Crippen LogP contribution in [0.2, 0.25) is 0 Å². The van der Waals surface area contributed by atoms with E-state index in [9.17, 15) is 9.36 Å². The molecule has 2 aromatic heterocycles. The second kappa shape index (κ2) is 9.05. The number of carbonyl (C=O) groups is 1. The molecule has 12 nitrogen and oxygen atoms in total. The fraction of sp³-hybridized carbons (Fsp3) is 0.500. The molecule has 3 aliphatic rings. The molecule has 3 fully saturated rings. The van der Waals surface area contributed by atoms with Gasteiger partial charge in [0, 0.05) is 5.41 Å². The number of hydrogen-bond acceptors (Lipinski definition) is 10. The zero-order chi connectivity index (χ0) is 25.8. The second-order valence-corrected chi connectivity index (χ2v) is 11.8. The maximum absolute atomic E-state index is 13.8. The van der Waals surface area contributed by atoms with Crippen molar-refractivity contribution in [1.29, 1.82) is 0 Å². The number of fused-ring (bicyclic) bond motifs is 2. The molecular formula is C24H29N6O6P. The van der Waals surface area contributed by atoms with Gasteiger partial charge in [-0.3, -0.25) is 9.32 Å². The SMILES string of the molecule is COC(=O)[C@H](C)NP(=O)(OCC12COC3C(n4cnc5c(N)ncnc54)C(CC31)C2)Oc1ccccc1. The van der Waals surface area contributed by atoms with Crippen molar-refractivity contribution in [3.05, 3.63) is 43.0 Å². The number of nitrogen functional groups attached to an aromatic ring is 1. The van der Waals surface area contributed by atoms with E-state index in [-0.39, 0.29) is 30.1 Å². The number of benzene rings is 1. The lowest BCUT2D eigenvalue weighted by Gasteiger charge is -2.36. The molecule has 2 saturated carbocycles. The van der Waals surface area contributed by atoms with Gasteiger partial charge in [0.1, 0.15) is 23.6 Å². The van der Waals surface area contributed by atoms with Crippen molar-refractivity contribution in [1.82, 2.24) is 24.6 Å². The number of methoxy groups -OCH3 is 1. The summed E-state index contributed by atoms with van der Waals surface area (Å²) in [5, 5.41) is 2.73. The van der Waals surface area contributed by atoms with Crippen LogP contribution >= 0.6 is 7.75 Å². The van der Waals surface area contributed by atoms with Crippen LogP contribution in [0.25, 0.3) is 11.2 Å². The summed E-state index contributed by atoms with van der Waals surface area (Å²) in [6, 6.07) is 7.91. The molecule has 6 unspecified atom stereocenters. The van der Waals surface area contributed by atoms with Crippen LogP contribution in [0.15, 0.2) is 43.0 Å². The maximum atomic E-state index is 13.8. The molecule has 13 heteroatoms. The number of imidazole rings is 1. The third-order valence-corrected chi connectivity index (χ3v) is 9.52. The molecule has 37 heavy (non-hydrogen) atoms. The number of nitrogens with zero attached hydrogens (tertiary/aromatic N) is 4. The van der Waals surface area contributed by atoms with Crippen molar-refractivity contribution in [3.63, 3.8) is 0 Å². The van der Waals surface area contributed by atoms with Gasteiger partial charge in [-0.2, -0.15) is 5.09 Å². The molecule has 1 aromatic carbocycles. The third-order valence-electron chi connectivity index (χ3n) is 7.90. The highest BCUT2D eigenvalue weighted by molar-refractivity contribution is 7.52. The van der Waals surface area contributed by atoms with Gasteiger partial charge in [-0.05, 0) is 43.7 Å². The molecule has 3 heterocycles. The normalized spacial score (nSPS) is 30.3. The first-order valence-corrected chi connectivity index (χ1v) is 13.8. The summed E-state index contributed by atoms with van der Waals surface area (Å²) in [4.78, 5) is 24.9. The van der Waals surface area contributed by atoms with Crippen LogP contribution in [0.3, 0.4) is 0 Å². The van der Waals surface area contributed by atoms with Gasteiger partial charge in [0.2, 0.25) is 0 Å². The Bertz CT molecular complexity index is 1370. The van der Waals surface area contributed by atoms with E-state index < -0.39 is 19.8 Å². The van der Waals surface area contributed by atoms with Crippen LogP contribution in [-0.4, -0.2) is 58.0 Å². The van der Waals surface area contributed by atoms with Crippen LogP contribution in [0.5, 0.6) is 5.75 Å². The number of esters is 1. The summed E-state index contributed by atoms with van der Waals surface area (Å²) in [5.74, 6) is 0.677. The van der Waals surface area contributed by atoms with E-state index in [1.165, 1.54) is 13.4 Å². The molecule has 196 valence electrons. The van der Waals surface area contributed by atoms with Crippen molar-refractivity contribution < 1.29 is 27.9 Å². The lowest BCUT2D eigenvalue weighted by Crippen LogP contribution is -2.40. The molecule has 3 N–H and O–H groups in total. The predicted molar refractivity (Wildman–Crippen MR) is 132 cm³/mol. The maximum Gasteiger partial charge on any atom is 0.459 e. The van der Waals surface area contributed by atoms with Crippen molar-refractivity contribution in [3.8, 4) is 5.75 Å². The zero-order valence-corrected chi connectivity index (χ0v) is 21.4. The summed E-state index contributed by atoms with van der Waals surface area (Å²) < 4.78 is 38.8. The van der Waals surface area contributed by atoms with E-state index in [1.54, 1.807) is 37.5 Å². The Kier molecular flexibility index (Phi) is 5.95. The number of ether oxygens (including phenoxy) is 2. The summed E-state index contributed by atoms with van der Waals surface area (Å²) in [6.45, 7) is 2.20. The third kappa shape index (κ3) is 4.08. The Balaban J connectivity index is 1.21. The highest BCUT2D eigenvalue weighted by atomic mass is 31.2. The zero-order valence-electron chi connectivity index (χ0n) is 20.5. The average molecular weight is 529 g/mol. The Morgan fingerprint density at radius 2 is 2.14 bits per heavy atom. The lowest BCUT2D eigenvalue weighted by molar-refractivity contribution is -0.142. The molecule has 7 atom stereocenters. The molecule has 0 amide bonds. The van der Waals surface area contributed by atoms with Gasteiger partial charge in [0.15, 0.2) is 11.5 Å².